The van der Waals surface area contributed by atoms with Crippen LogP contribution in [-0.2, 0) is 0 Å². The molecule has 0 unspecified atom stereocenters. The van der Waals surface area contributed by atoms with E-state index >= 15 is 0 Å². The molecule has 0 saturated heterocycles. The molecule has 0 amide bonds. The Morgan fingerprint density at radius 2 is 2.00 bits per heavy atom. The van der Waals surface area contributed by atoms with Crippen LogP contribution in [0.2, 0.25) is 0 Å². The van der Waals surface area contributed by atoms with Gasteiger partial charge >= 0.3 is 53.1 Å². The van der Waals surface area contributed by atoms with Crippen LogP contribution >= 0.6 is 0 Å². The first-order valence-electron chi connectivity index (χ1n) is 3.03. The van der Waals surface area contributed by atoms with Crippen LogP contribution in [0.15, 0.2) is 30.3 Å². The van der Waals surface area contributed by atoms with E-state index in [0.717, 1.165) is 4.35 Å². The molecule has 0 aromatic heterocycles. The molecule has 0 aliphatic carbocycles. The number of hydrogen-bond donors (Lipinski definition) is 0. The normalized spacial score (nSPS) is 13.3. The predicted octanol–water partition coefficient (Wildman–Crippen LogP) is -0.0550. The summed E-state index contributed by atoms with van der Waals surface area (Å²) >= 11 is -2.09. The van der Waals surface area contributed by atoms with Gasteiger partial charge in [0.15, 0.2) is 0 Å². The fraction of sp³-hybridized carbons (Fsp3) is 0. The molecule has 0 fully saturated rings. The van der Waals surface area contributed by atoms with Gasteiger partial charge in [-0.3, -0.25) is 0 Å². The van der Waals surface area contributed by atoms with Crippen LogP contribution in [0.1, 0.15) is 0 Å². The summed E-state index contributed by atoms with van der Waals surface area (Å²) in [4.78, 5) is 0. The third kappa shape index (κ3) is 1.36. The molecule has 0 atom stereocenters. The first-order valence-corrected chi connectivity index (χ1v) is 3.07. The zero-order valence-electron chi connectivity index (χ0n) is 5.83. The van der Waals surface area contributed by atoms with E-state index in [4.69, 9.17) is 1.82 Å². The van der Waals surface area contributed by atoms with E-state index in [9.17, 15) is 0 Å². The van der Waals surface area contributed by atoms with Crippen molar-refractivity contribution in [2.24, 2.45) is 0 Å². The Morgan fingerprint density at radius 1 is 1.29 bits per heavy atom. The van der Waals surface area contributed by atoms with Gasteiger partial charge in [0.25, 0.3) is 0 Å². The molecule has 1 rings (SSSR count). The van der Waals surface area contributed by atoms with Gasteiger partial charge in [0, 0.05) is 0 Å². The SMILES string of the molecule is [2H][As]([2H])c1ccccc1. The van der Waals surface area contributed by atoms with Crippen molar-refractivity contribution in [2.45, 2.75) is 0 Å². The Bertz CT molecular complexity index is 174. The van der Waals surface area contributed by atoms with E-state index in [1.165, 1.54) is 0 Å². The van der Waals surface area contributed by atoms with Gasteiger partial charge in [0.1, 0.15) is 0 Å². The summed E-state index contributed by atoms with van der Waals surface area (Å²) in [5.74, 6) is 0. The van der Waals surface area contributed by atoms with Crippen LogP contribution in [0.5, 0.6) is 0 Å². The summed E-state index contributed by atoms with van der Waals surface area (Å²) in [7, 11) is 0. The average molecular weight is 156 g/mol. The van der Waals surface area contributed by atoms with E-state index in [1.54, 1.807) is 0 Å². The van der Waals surface area contributed by atoms with Gasteiger partial charge in [-0.1, -0.05) is 0 Å². The first-order chi connectivity index (χ1) is 4.30. The summed E-state index contributed by atoms with van der Waals surface area (Å²) < 4.78 is 15.2. The molecule has 0 N–H and O–H groups in total. The second kappa shape index (κ2) is 2.18. The van der Waals surface area contributed by atoms with E-state index in [2.05, 4.69) is 0 Å². The maximum atomic E-state index is 7.13. The van der Waals surface area contributed by atoms with Crippen molar-refractivity contribution in [3.05, 3.63) is 30.3 Å². The molecule has 0 aliphatic rings. The molecular weight excluding hydrogens is 147 g/mol. The van der Waals surface area contributed by atoms with Gasteiger partial charge in [-0.05, 0) is 0 Å². The van der Waals surface area contributed by atoms with Crippen molar-refractivity contribution >= 4 is 20.9 Å². The van der Waals surface area contributed by atoms with Crippen LogP contribution in [0, 0.1) is 0 Å². The molecule has 1 aromatic rings. The molecule has 0 saturated carbocycles. The van der Waals surface area contributed by atoms with Crippen molar-refractivity contribution < 1.29 is 0 Å². The van der Waals surface area contributed by atoms with Crippen molar-refractivity contribution in [1.82, 2.24) is 0 Å². The molecule has 0 radical (unpaired) electrons. The molecule has 0 nitrogen and oxygen atoms in total. The van der Waals surface area contributed by atoms with Crippen molar-refractivity contribution in [2.75, 3.05) is 0 Å². The van der Waals surface area contributed by atoms with Gasteiger partial charge in [0.05, 0.1) is 0 Å². The number of hydrogen-bond acceptors (Lipinski definition) is 0. The molecule has 0 spiro atoms. The van der Waals surface area contributed by atoms with Crippen LogP contribution in [-0.4, -0.2) is 18.4 Å². The Hall–Kier alpha value is -0.222. The Kier molecular flexibility index (Phi) is 0.915. The summed E-state index contributed by atoms with van der Waals surface area (Å²) in [5, 5.41) is 0. The molecule has 0 bridgehead atoms. The van der Waals surface area contributed by atoms with Gasteiger partial charge < -0.3 is 0 Å². The third-order valence-corrected chi connectivity index (χ3v) is 1.38. The average Bonchev–Trinajstić information content (AvgIpc) is 1.90. The minimum absolute atomic E-state index is 0.894. The Labute approximate surface area is 53.7 Å². The van der Waals surface area contributed by atoms with E-state index in [0.29, 0.717) is 0 Å². The Balaban J connectivity index is 2.85. The maximum absolute atomic E-state index is 7.13. The van der Waals surface area contributed by atoms with Gasteiger partial charge in [-0.15, -0.1) is 0 Å². The first kappa shape index (κ1) is 2.94. The monoisotopic (exact) mass is 156 g/mol. The zero-order chi connectivity index (χ0) is 6.69. The number of benzene rings is 1. The van der Waals surface area contributed by atoms with E-state index < -0.39 is 16.6 Å². The summed E-state index contributed by atoms with van der Waals surface area (Å²) in [6, 6.07) is 9.35. The van der Waals surface area contributed by atoms with E-state index in [-0.39, 0.29) is 0 Å². The summed E-state index contributed by atoms with van der Waals surface area (Å²) in [6.07, 6.45) is 0. The fourth-order valence-corrected chi connectivity index (χ4v) is 0.789. The van der Waals surface area contributed by atoms with Crippen molar-refractivity contribution in [1.29, 1.82) is 1.82 Å². The molecular formula is C6H7As. The molecule has 7 heavy (non-hydrogen) atoms. The van der Waals surface area contributed by atoms with Gasteiger partial charge in [-0.25, -0.2) is 0 Å². The van der Waals surface area contributed by atoms with Crippen LogP contribution < -0.4 is 4.35 Å². The standard InChI is InChI=1S/C6H7As/c7-6-4-2-1-3-5-6/h1-5H,7H2/i7D2. The zero-order valence-corrected chi connectivity index (χ0v) is 5.71. The van der Waals surface area contributed by atoms with Crippen molar-refractivity contribution in [3.63, 3.8) is 0 Å². The summed E-state index contributed by atoms with van der Waals surface area (Å²) in [6.45, 7) is 0. The van der Waals surface area contributed by atoms with E-state index in [1.807, 2.05) is 30.3 Å². The topological polar surface area (TPSA) is 0 Å². The van der Waals surface area contributed by atoms with Gasteiger partial charge in [0.2, 0.25) is 0 Å². The third-order valence-electron chi connectivity index (χ3n) is 0.756. The second-order valence-corrected chi connectivity index (χ2v) is 2.42. The van der Waals surface area contributed by atoms with Crippen LogP contribution in [0.25, 0.3) is 0 Å². The Morgan fingerprint density at radius 3 is 2.43 bits per heavy atom. The van der Waals surface area contributed by atoms with Crippen LogP contribution in [0.3, 0.4) is 0 Å². The molecule has 0 heterocycles. The van der Waals surface area contributed by atoms with Crippen LogP contribution in [0.4, 0.5) is 0 Å². The van der Waals surface area contributed by atoms with Gasteiger partial charge in [-0.2, -0.15) is 0 Å². The fourth-order valence-electron chi connectivity index (χ4n) is 0.428. The van der Waals surface area contributed by atoms with Crippen molar-refractivity contribution in [3.8, 4) is 0 Å². The summed E-state index contributed by atoms with van der Waals surface area (Å²) in [5.41, 5.74) is 0. The quantitative estimate of drug-likeness (QED) is 0.500. The minimum atomic E-state index is -2.09. The second-order valence-electron chi connectivity index (χ2n) is 1.34. The molecule has 0 aliphatic heterocycles. The predicted molar refractivity (Wildman–Crippen MR) is 34.6 cm³/mol. The molecule has 1 heteroatoms. The molecule has 1 aromatic carbocycles. The molecule has 36 valence electrons. The number of rotatable bonds is 1.